The molecule has 0 aliphatic rings. The number of carbonyl (C=O) groups is 1. The molecule has 0 spiro atoms. The summed E-state index contributed by atoms with van der Waals surface area (Å²) in [7, 11) is 3.02. The van der Waals surface area contributed by atoms with Gasteiger partial charge in [0.2, 0.25) is 0 Å². The number of ether oxygens (including phenoxy) is 2. The second-order valence-corrected chi connectivity index (χ2v) is 5.06. The van der Waals surface area contributed by atoms with Crippen LogP contribution in [0.4, 0.5) is 5.69 Å². The van der Waals surface area contributed by atoms with Crippen molar-refractivity contribution in [3.05, 3.63) is 72.3 Å². The summed E-state index contributed by atoms with van der Waals surface area (Å²) in [6.45, 7) is 3.82. The zero-order valence-electron chi connectivity index (χ0n) is 13.4. The van der Waals surface area contributed by atoms with E-state index in [0.29, 0.717) is 5.56 Å². The number of methoxy groups -OCH3 is 2. The number of benzene rings is 2. The lowest BCUT2D eigenvalue weighted by atomic mass is 10.0. The zero-order valence-corrected chi connectivity index (χ0v) is 13.4. The van der Waals surface area contributed by atoms with E-state index in [1.807, 2.05) is 42.5 Å². The van der Waals surface area contributed by atoms with E-state index >= 15 is 0 Å². The molecule has 23 heavy (non-hydrogen) atoms. The number of hydrogen-bond acceptors (Lipinski definition) is 4. The molecule has 2 aromatic rings. The van der Waals surface area contributed by atoms with Crippen LogP contribution in [-0.2, 0) is 4.74 Å². The van der Waals surface area contributed by atoms with Gasteiger partial charge < -0.3 is 14.8 Å². The van der Waals surface area contributed by atoms with E-state index in [0.717, 1.165) is 23.4 Å². The molecule has 0 saturated carbocycles. The monoisotopic (exact) mass is 311 g/mol. The van der Waals surface area contributed by atoms with E-state index in [4.69, 9.17) is 9.47 Å². The first-order chi connectivity index (χ1) is 11.2. The minimum atomic E-state index is -0.339. The van der Waals surface area contributed by atoms with E-state index in [1.165, 1.54) is 7.11 Å². The van der Waals surface area contributed by atoms with Crippen LogP contribution in [0.15, 0.2) is 61.2 Å². The summed E-state index contributed by atoms with van der Waals surface area (Å²) in [5.74, 6) is 0.489. The smallest absolute Gasteiger partial charge is 0.337 e. The molecule has 0 saturated heterocycles. The first-order valence-corrected chi connectivity index (χ1v) is 7.37. The molecule has 4 nitrogen and oxygen atoms in total. The van der Waals surface area contributed by atoms with Crippen molar-refractivity contribution in [2.75, 3.05) is 19.5 Å². The molecule has 0 aromatic heterocycles. The van der Waals surface area contributed by atoms with Crippen molar-refractivity contribution in [2.45, 2.75) is 12.5 Å². The van der Waals surface area contributed by atoms with Gasteiger partial charge >= 0.3 is 5.97 Å². The predicted octanol–water partition coefficient (Wildman–Crippen LogP) is 4.21. The van der Waals surface area contributed by atoms with Crippen LogP contribution in [0, 0.1) is 0 Å². The van der Waals surface area contributed by atoms with Gasteiger partial charge in [-0.25, -0.2) is 4.79 Å². The highest BCUT2D eigenvalue weighted by Gasteiger charge is 2.11. The van der Waals surface area contributed by atoms with Crippen molar-refractivity contribution < 1.29 is 14.3 Å². The van der Waals surface area contributed by atoms with Crippen LogP contribution in [-0.4, -0.2) is 20.2 Å². The van der Waals surface area contributed by atoms with Gasteiger partial charge in [-0.3, -0.25) is 0 Å². The Morgan fingerprint density at radius 1 is 1.13 bits per heavy atom. The van der Waals surface area contributed by atoms with Gasteiger partial charge in [-0.05, 0) is 48.4 Å². The maximum absolute atomic E-state index is 11.5. The Bertz CT molecular complexity index is 647. The highest BCUT2D eigenvalue weighted by atomic mass is 16.5. The molecule has 1 N–H and O–H groups in total. The van der Waals surface area contributed by atoms with Crippen molar-refractivity contribution in [1.29, 1.82) is 0 Å². The first-order valence-electron chi connectivity index (χ1n) is 7.37. The van der Waals surface area contributed by atoms with Crippen LogP contribution in [0.2, 0.25) is 0 Å². The van der Waals surface area contributed by atoms with Gasteiger partial charge in [0, 0.05) is 5.69 Å². The molecule has 1 unspecified atom stereocenters. The topological polar surface area (TPSA) is 47.6 Å². The number of anilines is 1. The summed E-state index contributed by atoms with van der Waals surface area (Å²) >= 11 is 0. The highest BCUT2D eigenvalue weighted by molar-refractivity contribution is 5.89. The van der Waals surface area contributed by atoms with E-state index in [2.05, 4.69) is 11.9 Å². The quantitative estimate of drug-likeness (QED) is 0.614. The lowest BCUT2D eigenvalue weighted by molar-refractivity contribution is 0.0601. The van der Waals surface area contributed by atoms with Crippen LogP contribution >= 0.6 is 0 Å². The van der Waals surface area contributed by atoms with E-state index in [1.54, 1.807) is 19.2 Å². The number of rotatable bonds is 7. The summed E-state index contributed by atoms with van der Waals surface area (Å²) in [5.41, 5.74) is 2.60. The number of esters is 1. The van der Waals surface area contributed by atoms with Crippen molar-refractivity contribution in [2.24, 2.45) is 0 Å². The third-order valence-electron chi connectivity index (χ3n) is 3.57. The minimum Gasteiger partial charge on any atom is -0.497 e. The SMILES string of the molecule is C=CCC(Nc1ccc(C(=O)OC)cc1)c1ccc(OC)cc1. The van der Waals surface area contributed by atoms with Crippen LogP contribution in [0.5, 0.6) is 5.75 Å². The van der Waals surface area contributed by atoms with Gasteiger partial charge in [0.15, 0.2) is 0 Å². The molecular formula is C19H21NO3. The normalized spacial score (nSPS) is 11.4. The van der Waals surface area contributed by atoms with E-state index in [9.17, 15) is 4.79 Å². The minimum absolute atomic E-state index is 0.0994. The molecule has 0 heterocycles. The molecule has 0 aliphatic carbocycles. The largest absolute Gasteiger partial charge is 0.497 e. The molecule has 0 bridgehead atoms. The van der Waals surface area contributed by atoms with Gasteiger partial charge in [0.25, 0.3) is 0 Å². The van der Waals surface area contributed by atoms with Crippen molar-refractivity contribution >= 4 is 11.7 Å². The van der Waals surface area contributed by atoms with Crippen LogP contribution in [0.3, 0.4) is 0 Å². The molecule has 0 fully saturated rings. The van der Waals surface area contributed by atoms with Crippen LogP contribution in [0.1, 0.15) is 28.4 Å². The average molecular weight is 311 g/mol. The Hall–Kier alpha value is -2.75. The standard InChI is InChI=1S/C19H21NO3/c1-4-5-18(14-8-12-17(22-2)13-9-14)20-16-10-6-15(7-11-16)19(21)23-3/h4,6-13,18,20H,1,5H2,2-3H3. The van der Waals surface area contributed by atoms with E-state index < -0.39 is 0 Å². The molecular weight excluding hydrogens is 290 g/mol. The van der Waals surface area contributed by atoms with Gasteiger partial charge in [0.1, 0.15) is 5.75 Å². The maximum atomic E-state index is 11.5. The maximum Gasteiger partial charge on any atom is 0.337 e. The zero-order chi connectivity index (χ0) is 16.7. The fourth-order valence-corrected chi connectivity index (χ4v) is 2.30. The van der Waals surface area contributed by atoms with E-state index in [-0.39, 0.29) is 12.0 Å². The molecule has 0 aliphatic heterocycles. The summed E-state index contributed by atoms with van der Waals surface area (Å²) in [6.07, 6.45) is 2.66. The van der Waals surface area contributed by atoms with Gasteiger partial charge in [-0.15, -0.1) is 6.58 Å². The number of nitrogens with one attached hydrogen (secondary N) is 1. The second kappa shape index (κ2) is 8.03. The summed E-state index contributed by atoms with van der Waals surface area (Å²) < 4.78 is 9.89. The summed E-state index contributed by atoms with van der Waals surface area (Å²) in [5, 5.41) is 3.45. The fourth-order valence-electron chi connectivity index (χ4n) is 2.30. The average Bonchev–Trinajstić information content (AvgIpc) is 2.61. The fraction of sp³-hybridized carbons (Fsp3) is 0.211. The molecule has 1 atom stereocenters. The Morgan fingerprint density at radius 2 is 1.78 bits per heavy atom. The summed E-state index contributed by atoms with van der Waals surface area (Å²) in [4.78, 5) is 11.5. The van der Waals surface area contributed by atoms with Crippen LogP contribution < -0.4 is 10.1 Å². The summed E-state index contributed by atoms with van der Waals surface area (Å²) in [6, 6.07) is 15.3. The van der Waals surface area contributed by atoms with Gasteiger partial charge in [-0.2, -0.15) is 0 Å². The highest BCUT2D eigenvalue weighted by Crippen LogP contribution is 2.25. The molecule has 4 heteroatoms. The molecule has 120 valence electrons. The Balaban J connectivity index is 2.14. The van der Waals surface area contributed by atoms with Gasteiger partial charge in [-0.1, -0.05) is 18.2 Å². The lowest BCUT2D eigenvalue weighted by Gasteiger charge is -2.19. The molecule has 2 aromatic carbocycles. The first kappa shape index (κ1) is 16.6. The Morgan fingerprint density at radius 3 is 2.30 bits per heavy atom. The van der Waals surface area contributed by atoms with Crippen molar-refractivity contribution in [3.8, 4) is 5.75 Å². The predicted molar refractivity (Wildman–Crippen MR) is 92.0 cm³/mol. The van der Waals surface area contributed by atoms with Crippen LogP contribution in [0.25, 0.3) is 0 Å². The van der Waals surface area contributed by atoms with Crippen molar-refractivity contribution in [3.63, 3.8) is 0 Å². The molecule has 2 rings (SSSR count). The third-order valence-corrected chi connectivity index (χ3v) is 3.57. The van der Waals surface area contributed by atoms with Gasteiger partial charge in [0.05, 0.1) is 25.8 Å². The number of hydrogen-bond donors (Lipinski definition) is 1. The Labute approximate surface area is 136 Å². The molecule has 0 radical (unpaired) electrons. The third kappa shape index (κ3) is 4.36. The Kier molecular flexibility index (Phi) is 5.80. The lowest BCUT2D eigenvalue weighted by Crippen LogP contribution is -2.10. The molecule has 0 amide bonds. The van der Waals surface area contributed by atoms with Crippen molar-refractivity contribution in [1.82, 2.24) is 0 Å². The second-order valence-electron chi connectivity index (χ2n) is 5.06. The number of carbonyl (C=O) groups excluding carboxylic acids is 1.